The van der Waals surface area contributed by atoms with Crippen LogP contribution in [0.15, 0.2) is 71.7 Å². The van der Waals surface area contributed by atoms with E-state index in [-0.39, 0.29) is 29.3 Å². The number of benzene rings is 3. The maximum absolute atomic E-state index is 13.2. The van der Waals surface area contributed by atoms with Crippen LogP contribution in [0.3, 0.4) is 0 Å². The number of ether oxygens (including phenoxy) is 2. The van der Waals surface area contributed by atoms with E-state index in [0.717, 1.165) is 32.7 Å². The number of H-pyrrole nitrogens is 1. The topological polar surface area (TPSA) is 330 Å². The number of rotatable bonds is 16. The molecule has 0 radical (unpaired) electrons. The Morgan fingerprint density at radius 3 is 2.52 bits per heavy atom. The molecule has 3 unspecified atom stereocenters. The van der Waals surface area contributed by atoms with Crippen molar-refractivity contribution in [1.82, 2.24) is 19.9 Å². The van der Waals surface area contributed by atoms with E-state index in [1.165, 1.54) is 10.8 Å². The number of aromatic amines is 1. The first-order chi connectivity index (χ1) is 29.7. The number of aliphatic hydroxyl groups is 1. The van der Waals surface area contributed by atoms with Crippen molar-refractivity contribution in [2.75, 3.05) is 24.6 Å². The molecular weight excluding hydrogens is 885 g/mol. The number of amides is 1. The van der Waals surface area contributed by atoms with Crippen LogP contribution in [0.1, 0.15) is 64.5 Å². The molecule has 2 aromatic heterocycles. The minimum Gasteiger partial charge on any atom is -0.456 e. The third-order valence-corrected chi connectivity index (χ3v) is 13.8. The minimum absolute atomic E-state index is 0.0540. The monoisotopic (exact) mass is 928 g/mol. The molecule has 2 aliphatic rings. The van der Waals surface area contributed by atoms with E-state index < -0.39 is 54.1 Å². The highest BCUT2D eigenvalue weighted by Gasteiger charge is 2.43. The Balaban J connectivity index is 0.954. The third-order valence-electron chi connectivity index (χ3n) is 9.96. The third kappa shape index (κ3) is 10.8. The summed E-state index contributed by atoms with van der Waals surface area (Å²) in [5.41, 5.74) is 16.5. The number of aryl methyl sites for hydroxylation is 1. The van der Waals surface area contributed by atoms with Crippen LogP contribution in [0.4, 0.5) is 11.6 Å². The Bertz CT molecular complexity index is 2970. The van der Waals surface area contributed by atoms with Crippen LogP contribution >= 0.6 is 23.5 Å². The van der Waals surface area contributed by atoms with E-state index in [2.05, 4.69) is 35.0 Å². The van der Waals surface area contributed by atoms with Gasteiger partial charge in [0.15, 0.2) is 11.9 Å². The van der Waals surface area contributed by atoms with Crippen molar-refractivity contribution in [3.8, 4) is 11.5 Å². The van der Waals surface area contributed by atoms with Crippen LogP contribution in [0, 0.1) is 6.92 Å². The van der Waals surface area contributed by atoms with E-state index in [0.29, 0.717) is 54.1 Å². The first-order valence-electron chi connectivity index (χ1n) is 19.2. The molecule has 0 aliphatic carbocycles. The summed E-state index contributed by atoms with van der Waals surface area (Å²) >= 11 is 0. The molecule has 3 aromatic carbocycles. The smallest absolute Gasteiger partial charge is 0.456 e. The van der Waals surface area contributed by atoms with Crippen molar-refractivity contribution in [3.05, 3.63) is 115 Å². The number of allylic oxidation sites excluding steroid dienone is 1. The lowest BCUT2D eigenvalue weighted by Gasteiger charge is -2.22. The molecule has 21 nitrogen and oxygen atoms in total. The number of aromatic nitrogens is 3. The fourth-order valence-electron chi connectivity index (χ4n) is 7.32. The maximum Gasteiger partial charge on any atom is 0.490 e. The molecule has 1 saturated heterocycles. The molecule has 4 heterocycles. The van der Waals surface area contributed by atoms with Gasteiger partial charge in [0.05, 0.1) is 18.1 Å². The zero-order chi connectivity index (χ0) is 45.4. The second-order valence-corrected chi connectivity index (χ2v) is 19.1. The number of phosphoric acid groups is 3. The van der Waals surface area contributed by atoms with Gasteiger partial charge in [0.2, 0.25) is 5.95 Å². The number of nitrogen functional groups attached to an aromatic ring is 2. The van der Waals surface area contributed by atoms with Gasteiger partial charge in [-0.15, -0.1) is 0 Å². The number of nitrogens with two attached hydrogens (primary N) is 2. The molecule has 1 fully saturated rings. The molecule has 24 heteroatoms. The van der Waals surface area contributed by atoms with Crippen molar-refractivity contribution in [2.45, 2.75) is 51.0 Å². The average molecular weight is 929 g/mol. The van der Waals surface area contributed by atoms with Gasteiger partial charge in [0.1, 0.15) is 17.6 Å². The number of hydrogen-bond donors (Lipinski definition) is 9. The standard InChI is InChI=1S/C39H43N6O15P3/c1-21-8-11-28-31(15-21)58-32-17-25(40)10-13-29(32)34(28)27-12-9-23(16-22(27)2)36(47)42-14-6-4-3-5-7-24-19-45(35-33(24)37(48)44-39(41)43-35)38-30(46)18-26(57-38)20-56-62(52,53)60-63(54,55)59-61(49,50)51/h5,7-13,15-17,19,26,30,38,46H,1,3-4,6,14,18,20,40H2,2H3,(H,42,47)(H,52,53)(H,54,55)(H2,49,50,51)(H3,41,43,44,48)/b7-5+/t26-,30?,38+/m0/s1. The molecule has 1 amide bonds. The summed E-state index contributed by atoms with van der Waals surface area (Å²) in [6.07, 6.45) is 3.08. The lowest BCUT2D eigenvalue weighted by molar-refractivity contribution is -0.0478. The van der Waals surface area contributed by atoms with Gasteiger partial charge >= 0.3 is 23.5 Å². The van der Waals surface area contributed by atoms with Gasteiger partial charge in [-0.2, -0.15) is 13.6 Å². The molecule has 5 atom stereocenters. The fraction of sp³-hybridized carbons (Fsp3) is 0.256. The van der Waals surface area contributed by atoms with Crippen LogP contribution in [0.5, 0.6) is 11.5 Å². The van der Waals surface area contributed by atoms with Crippen LogP contribution in [0.2, 0.25) is 0 Å². The van der Waals surface area contributed by atoms with Crippen LogP contribution < -0.4 is 37.5 Å². The van der Waals surface area contributed by atoms with E-state index in [1.807, 2.05) is 55.5 Å². The highest BCUT2D eigenvalue weighted by molar-refractivity contribution is 7.66. The molecular formula is C39H43N6O15P3. The van der Waals surface area contributed by atoms with Crippen molar-refractivity contribution < 1.29 is 65.8 Å². The predicted molar refractivity (Wildman–Crippen MR) is 229 cm³/mol. The molecule has 0 saturated carbocycles. The predicted octanol–water partition coefficient (Wildman–Crippen LogP) is 3.57. The van der Waals surface area contributed by atoms with Gasteiger partial charge in [0, 0.05) is 58.4 Å². The fourth-order valence-corrected chi connectivity index (χ4v) is 10.4. The summed E-state index contributed by atoms with van der Waals surface area (Å²) in [5, 5.41) is 15.7. The van der Waals surface area contributed by atoms with Gasteiger partial charge in [-0.25, -0.2) is 13.7 Å². The SMILES string of the molecule is C=c1ccc2c(c1)Oc1cc(N)ccc1C=2c1ccc(C(=O)NCCCC/C=C/c2cn([C@@H]3O[C@H](COP(=O)(O)OP(=O)(O)OP(=O)(O)O)CC3O)c3nc(N)[nH]c(=O)c23)cc1C. The first-order valence-corrected chi connectivity index (χ1v) is 23.7. The van der Waals surface area contributed by atoms with Gasteiger partial charge in [-0.3, -0.25) is 19.1 Å². The van der Waals surface area contributed by atoms with E-state index in [9.17, 15) is 38.2 Å². The molecule has 334 valence electrons. The summed E-state index contributed by atoms with van der Waals surface area (Å²) in [5.74, 6) is 0.862. The van der Waals surface area contributed by atoms with Crippen molar-refractivity contribution in [2.24, 2.45) is 0 Å². The van der Waals surface area contributed by atoms with E-state index in [4.69, 9.17) is 30.7 Å². The Morgan fingerprint density at radius 1 is 1.02 bits per heavy atom. The van der Waals surface area contributed by atoms with Gasteiger partial charge in [-0.05, 0) is 72.9 Å². The second-order valence-electron chi connectivity index (χ2n) is 14.7. The second kappa shape index (κ2) is 18.1. The lowest BCUT2D eigenvalue weighted by Crippen LogP contribution is -2.24. The molecule has 0 bridgehead atoms. The van der Waals surface area contributed by atoms with Gasteiger partial charge in [-0.1, -0.05) is 36.9 Å². The number of carbonyl (C=O) groups is 1. The van der Waals surface area contributed by atoms with Crippen LogP contribution in [-0.4, -0.2) is 70.5 Å². The average Bonchev–Trinajstić information content (AvgIpc) is 3.73. The zero-order valence-electron chi connectivity index (χ0n) is 33.3. The van der Waals surface area contributed by atoms with Crippen molar-refractivity contribution in [3.63, 3.8) is 0 Å². The largest absolute Gasteiger partial charge is 0.490 e. The van der Waals surface area contributed by atoms with Gasteiger partial charge < -0.3 is 55.5 Å². The number of anilines is 2. The summed E-state index contributed by atoms with van der Waals surface area (Å²) in [6.45, 7) is 5.59. The molecule has 0 spiro atoms. The summed E-state index contributed by atoms with van der Waals surface area (Å²) < 4.78 is 60.2. The first kappa shape index (κ1) is 45.8. The number of carbonyl (C=O) groups excluding carboxylic acids is 1. The summed E-state index contributed by atoms with van der Waals surface area (Å²) in [6, 6.07) is 16.9. The Morgan fingerprint density at radius 2 is 1.78 bits per heavy atom. The normalized spacial score (nSPS) is 19.3. The highest BCUT2D eigenvalue weighted by Crippen LogP contribution is 2.66. The number of phosphoric ester groups is 1. The maximum atomic E-state index is 13.2. The summed E-state index contributed by atoms with van der Waals surface area (Å²) in [7, 11) is -16.8. The molecule has 2 aliphatic heterocycles. The van der Waals surface area contributed by atoms with Crippen molar-refractivity contribution >= 4 is 70.3 Å². The van der Waals surface area contributed by atoms with E-state index >= 15 is 0 Å². The minimum atomic E-state index is -5.74. The number of aliphatic hydroxyl groups excluding tert-OH is 1. The van der Waals surface area contributed by atoms with Crippen molar-refractivity contribution in [1.29, 1.82) is 0 Å². The number of nitrogens with zero attached hydrogens (tertiary/aromatic N) is 2. The van der Waals surface area contributed by atoms with Crippen LogP contribution in [-0.2, 0) is 31.6 Å². The zero-order valence-corrected chi connectivity index (χ0v) is 36.0. The number of hydrogen-bond acceptors (Lipinski definition) is 14. The quantitative estimate of drug-likeness (QED) is 0.0380. The Hall–Kier alpha value is -5.24. The van der Waals surface area contributed by atoms with Crippen LogP contribution in [0.25, 0.3) is 29.3 Å². The molecule has 7 rings (SSSR count). The molecule has 63 heavy (non-hydrogen) atoms. The molecule has 11 N–H and O–H groups in total. The lowest BCUT2D eigenvalue weighted by atomic mass is 9.89. The Labute approximate surface area is 357 Å². The summed E-state index contributed by atoms with van der Waals surface area (Å²) in [4.78, 5) is 69.5. The van der Waals surface area contributed by atoms with E-state index in [1.54, 1.807) is 18.2 Å². The van der Waals surface area contributed by atoms with Gasteiger partial charge in [0.25, 0.3) is 11.5 Å². The highest BCUT2D eigenvalue weighted by atomic mass is 31.3. The number of fused-ring (bicyclic) bond motifs is 3. The number of unbranched alkanes of at least 4 members (excludes halogenated alkanes) is 2. The molecule has 5 aromatic rings. The Kier molecular flexibility index (Phi) is 13.1. The number of nitrogens with one attached hydrogen (secondary N) is 2.